The Morgan fingerprint density at radius 2 is 2.20 bits per heavy atom. The minimum absolute atomic E-state index is 0.229. The van der Waals surface area contributed by atoms with Gasteiger partial charge in [0.15, 0.2) is 5.78 Å². The first-order valence-corrected chi connectivity index (χ1v) is 8.97. The molecule has 6 heteroatoms. The van der Waals surface area contributed by atoms with E-state index in [1.165, 1.54) is 11.3 Å². The normalized spacial score (nSPS) is 14.8. The third-order valence-corrected chi connectivity index (χ3v) is 5.48. The van der Waals surface area contributed by atoms with Crippen molar-refractivity contribution in [3.8, 4) is 0 Å². The molecular weight excluding hydrogens is 290 g/mol. The molecule has 0 unspecified atom stereocenters. The maximum absolute atomic E-state index is 12.2. The highest BCUT2D eigenvalue weighted by Gasteiger charge is 2.33. The molecule has 0 bridgehead atoms. The van der Waals surface area contributed by atoms with Crippen molar-refractivity contribution in [1.82, 2.24) is 4.90 Å². The minimum atomic E-state index is 0.229. The highest BCUT2D eigenvalue weighted by molar-refractivity contribution is 7.99. The molecular formula is C14H23N3OS2. The Hall–Kier alpha value is -0.720. The van der Waals surface area contributed by atoms with Crippen molar-refractivity contribution in [2.45, 2.75) is 24.2 Å². The number of hydrogen-bond acceptors (Lipinski definition) is 6. The van der Waals surface area contributed by atoms with Crippen LogP contribution in [-0.4, -0.2) is 44.1 Å². The summed E-state index contributed by atoms with van der Waals surface area (Å²) in [6.45, 7) is 1.96. The van der Waals surface area contributed by atoms with Crippen molar-refractivity contribution in [2.24, 2.45) is 5.92 Å². The first kappa shape index (κ1) is 15.7. The van der Waals surface area contributed by atoms with Gasteiger partial charge in [-0.05, 0) is 46.2 Å². The van der Waals surface area contributed by atoms with Crippen LogP contribution in [0.4, 0.5) is 10.7 Å². The van der Waals surface area contributed by atoms with Gasteiger partial charge in [-0.2, -0.15) is 0 Å². The summed E-state index contributed by atoms with van der Waals surface area (Å²) in [6.07, 6.45) is 5.13. The summed E-state index contributed by atoms with van der Waals surface area (Å²) in [6, 6.07) is 0. The van der Waals surface area contributed by atoms with Crippen LogP contribution in [0, 0.1) is 5.92 Å². The molecule has 0 radical (unpaired) electrons. The van der Waals surface area contributed by atoms with E-state index in [0.717, 1.165) is 47.1 Å². The molecule has 0 spiro atoms. The summed E-state index contributed by atoms with van der Waals surface area (Å²) in [7, 11) is 4.14. The number of thiophene rings is 1. The molecule has 1 heterocycles. The van der Waals surface area contributed by atoms with E-state index in [2.05, 4.69) is 24.3 Å². The summed E-state index contributed by atoms with van der Waals surface area (Å²) in [5.74, 6) is 0.469. The van der Waals surface area contributed by atoms with Crippen LogP contribution in [0.25, 0.3) is 0 Å². The number of nitrogens with zero attached hydrogens (tertiary/aromatic N) is 1. The fourth-order valence-electron chi connectivity index (χ4n) is 2.06. The number of Topliss-reactive ketones (excluding diaryl/α,β-unsaturated/α-hetero) is 1. The first-order valence-electron chi connectivity index (χ1n) is 6.93. The van der Waals surface area contributed by atoms with E-state index in [-0.39, 0.29) is 11.7 Å². The highest BCUT2D eigenvalue weighted by Crippen LogP contribution is 2.45. The Bertz CT molecular complexity index is 481. The third kappa shape index (κ3) is 3.68. The molecule has 3 N–H and O–H groups in total. The number of hydrogen-bond donors (Lipinski definition) is 2. The van der Waals surface area contributed by atoms with Crippen LogP contribution in [0.1, 0.15) is 28.9 Å². The Morgan fingerprint density at radius 1 is 1.50 bits per heavy atom. The second-order valence-corrected chi connectivity index (χ2v) is 7.27. The van der Waals surface area contributed by atoms with Gasteiger partial charge in [-0.1, -0.05) is 0 Å². The standard InChI is InChI=1S/C14H23N3OS2/c1-17(2)8-4-7-16-14-13(19-3)10(15)12(20-14)11(18)9-5-6-9/h9,16H,4-8,15H2,1-3H3. The van der Waals surface area contributed by atoms with Crippen molar-refractivity contribution < 1.29 is 4.79 Å². The Morgan fingerprint density at radius 3 is 2.75 bits per heavy atom. The van der Waals surface area contributed by atoms with E-state index < -0.39 is 0 Å². The SMILES string of the molecule is CSc1c(NCCCN(C)C)sc(C(=O)C2CC2)c1N. The molecule has 1 saturated carbocycles. The average molecular weight is 313 g/mol. The maximum Gasteiger partial charge on any atom is 0.178 e. The molecule has 20 heavy (non-hydrogen) atoms. The van der Waals surface area contributed by atoms with Crippen molar-refractivity contribution in [3.63, 3.8) is 0 Å². The van der Waals surface area contributed by atoms with E-state index in [1.54, 1.807) is 11.8 Å². The van der Waals surface area contributed by atoms with E-state index >= 15 is 0 Å². The van der Waals surface area contributed by atoms with Crippen LogP contribution >= 0.6 is 23.1 Å². The van der Waals surface area contributed by atoms with Crippen LogP contribution in [-0.2, 0) is 0 Å². The molecule has 0 aliphatic heterocycles. The summed E-state index contributed by atoms with van der Waals surface area (Å²) in [4.78, 5) is 16.2. The van der Waals surface area contributed by atoms with Gasteiger partial charge in [-0.25, -0.2) is 0 Å². The number of anilines is 2. The van der Waals surface area contributed by atoms with Gasteiger partial charge >= 0.3 is 0 Å². The zero-order chi connectivity index (χ0) is 14.7. The van der Waals surface area contributed by atoms with Crippen LogP contribution in [0.5, 0.6) is 0 Å². The lowest BCUT2D eigenvalue weighted by molar-refractivity contribution is 0.0972. The lowest BCUT2D eigenvalue weighted by Gasteiger charge is -2.10. The van der Waals surface area contributed by atoms with Crippen LogP contribution in [0.2, 0.25) is 0 Å². The zero-order valence-corrected chi connectivity index (χ0v) is 14.0. The predicted molar refractivity (Wildman–Crippen MR) is 89.2 cm³/mol. The molecule has 0 amide bonds. The number of ketones is 1. The Balaban J connectivity index is 2.03. The van der Waals surface area contributed by atoms with Crippen molar-refractivity contribution >= 4 is 39.6 Å². The molecule has 4 nitrogen and oxygen atoms in total. The van der Waals surface area contributed by atoms with Gasteiger partial charge in [-0.3, -0.25) is 4.79 Å². The molecule has 1 aromatic heterocycles. The number of rotatable bonds is 8. The first-order chi connectivity index (χ1) is 9.54. The largest absolute Gasteiger partial charge is 0.396 e. The lowest BCUT2D eigenvalue weighted by atomic mass is 10.2. The van der Waals surface area contributed by atoms with E-state index in [1.807, 2.05) is 6.26 Å². The van der Waals surface area contributed by atoms with Gasteiger partial charge < -0.3 is 16.0 Å². The molecule has 1 aliphatic rings. The lowest BCUT2D eigenvalue weighted by Crippen LogP contribution is -2.16. The van der Waals surface area contributed by atoms with Gasteiger partial charge in [-0.15, -0.1) is 23.1 Å². The van der Waals surface area contributed by atoms with Gasteiger partial charge in [0.05, 0.1) is 15.5 Å². The summed E-state index contributed by atoms with van der Waals surface area (Å²) in [5, 5.41) is 4.49. The molecule has 0 aromatic carbocycles. The fourth-order valence-corrected chi connectivity index (χ4v) is 4.14. The van der Waals surface area contributed by atoms with Crippen molar-refractivity contribution in [1.29, 1.82) is 0 Å². The fraction of sp³-hybridized carbons (Fsp3) is 0.643. The highest BCUT2D eigenvalue weighted by atomic mass is 32.2. The Kier molecular flexibility index (Phi) is 5.35. The Labute approximate surface area is 129 Å². The number of nitrogens with one attached hydrogen (secondary N) is 1. The predicted octanol–water partition coefficient (Wildman–Crippen LogP) is 3.01. The number of carbonyl (C=O) groups excluding carboxylic acids is 1. The number of carbonyl (C=O) groups is 1. The monoisotopic (exact) mass is 313 g/mol. The molecule has 0 atom stereocenters. The van der Waals surface area contributed by atoms with Crippen LogP contribution in [0.15, 0.2) is 4.90 Å². The molecule has 1 aromatic rings. The van der Waals surface area contributed by atoms with Crippen molar-refractivity contribution in [2.75, 3.05) is 44.5 Å². The molecule has 1 aliphatic carbocycles. The van der Waals surface area contributed by atoms with Gasteiger partial charge in [0.25, 0.3) is 0 Å². The molecule has 0 saturated heterocycles. The van der Waals surface area contributed by atoms with Gasteiger partial charge in [0.1, 0.15) is 5.00 Å². The number of nitrogens with two attached hydrogens (primary N) is 1. The molecule has 112 valence electrons. The number of nitrogen functional groups attached to an aromatic ring is 1. The summed E-state index contributed by atoms with van der Waals surface area (Å²) < 4.78 is 0. The maximum atomic E-state index is 12.2. The smallest absolute Gasteiger partial charge is 0.178 e. The second-order valence-electron chi connectivity index (χ2n) is 5.43. The number of thioether (sulfide) groups is 1. The average Bonchev–Trinajstić information content (AvgIpc) is 3.19. The minimum Gasteiger partial charge on any atom is -0.396 e. The van der Waals surface area contributed by atoms with Gasteiger partial charge in [0, 0.05) is 12.5 Å². The molecule has 2 rings (SSSR count). The third-order valence-electron chi connectivity index (χ3n) is 3.34. The van der Waals surface area contributed by atoms with E-state index in [4.69, 9.17) is 5.73 Å². The topological polar surface area (TPSA) is 58.4 Å². The van der Waals surface area contributed by atoms with Gasteiger partial charge in [0.2, 0.25) is 0 Å². The second kappa shape index (κ2) is 6.83. The quantitative estimate of drug-likeness (QED) is 0.439. The molecule has 1 fully saturated rings. The summed E-state index contributed by atoms with van der Waals surface area (Å²) in [5.41, 5.74) is 6.83. The van der Waals surface area contributed by atoms with Crippen LogP contribution < -0.4 is 11.1 Å². The zero-order valence-electron chi connectivity index (χ0n) is 12.4. The van der Waals surface area contributed by atoms with E-state index in [9.17, 15) is 4.79 Å². The summed E-state index contributed by atoms with van der Waals surface area (Å²) >= 11 is 3.14. The van der Waals surface area contributed by atoms with Crippen molar-refractivity contribution in [3.05, 3.63) is 4.88 Å². The van der Waals surface area contributed by atoms with Crippen LogP contribution in [0.3, 0.4) is 0 Å². The van der Waals surface area contributed by atoms with E-state index in [0.29, 0.717) is 5.69 Å².